The molecule has 0 aromatic heterocycles. The first-order valence-corrected chi connectivity index (χ1v) is 9.13. The van der Waals surface area contributed by atoms with Gasteiger partial charge in [-0.3, -0.25) is 4.79 Å². The van der Waals surface area contributed by atoms with Crippen LogP contribution in [0.2, 0.25) is 0 Å². The van der Waals surface area contributed by atoms with Gasteiger partial charge in [-0.2, -0.15) is 0 Å². The van der Waals surface area contributed by atoms with E-state index in [1.165, 1.54) is 0 Å². The van der Waals surface area contributed by atoms with Gasteiger partial charge in [0, 0.05) is 5.92 Å². The van der Waals surface area contributed by atoms with Gasteiger partial charge in [-0.25, -0.2) is 8.42 Å². The molecule has 2 unspecified atom stereocenters. The molecule has 2 fully saturated rings. The fourth-order valence-corrected chi connectivity index (χ4v) is 6.07. The Kier molecular flexibility index (Phi) is 3.78. The Labute approximate surface area is 125 Å². The van der Waals surface area contributed by atoms with E-state index in [0.29, 0.717) is 43.6 Å². The van der Waals surface area contributed by atoms with Crippen LogP contribution in [0.5, 0.6) is 5.75 Å². The molecule has 0 aliphatic carbocycles. The zero-order chi connectivity index (χ0) is 15.0. The molecule has 1 aromatic rings. The predicted molar refractivity (Wildman–Crippen MR) is 80.4 cm³/mol. The minimum atomic E-state index is -2.98. The Morgan fingerprint density at radius 2 is 1.81 bits per heavy atom. The van der Waals surface area contributed by atoms with Crippen LogP contribution in [-0.4, -0.2) is 31.3 Å². The highest BCUT2D eigenvalue weighted by atomic mass is 32.2. The lowest BCUT2D eigenvalue weighted by atomic mass is 9.90. The Morgan fingerprint density at radius 3 is 2.43 bits per heavy atom. The van der Waals surface area contributed by atoms with Gasteiger partial charge in [0.15, 0.2) is 15.6 Å². The number of carbonyl (C=O) groups excluding carboxylic acids is 1. The average molecular weight is 308 g/mol. The molecule has 3 rings (SSSR count). The van der Waals surface area contributed by atoms with E-state index >= 15 is 0 Å². The quantitative estimate of drug-likeness (QED) is 0.802. The Bertz CT molecular complexity index is 630. The lowest BCUT2D eigenvalue weighted by Crippen LogP contribution is -2.36. The Morgan fingerprint density at radius 1 is 1.19 bits per heavy atom. The summed E-state index contributed by atoms with van der Waals surface area (Å²) in [7, 11) is -2.98. The molecule has 0 saturated carbocycles. The monoisotopic (exact) mass is 308 g/mol. The van der Waals surface area contributed by atoms with E-state index in [0.717, 1.165) is 0 Å². The van der Waals surface area contributed by atoms with Gasteiger partial charge in [-0.1, -0.05) is 12.1 Å². The number of ketones is 1. The third-order valence-corrected chi connectivity index (χ3v) is 7.37. The smallest absolute Gasteiger partial charge is 0.169 e. The summed E-state index contributed by atoms with van der Waals surface area (Å²) >= 11 is 0. The summed E-state index contributed by atoms with van der Waals surface area (Å²) in [5.74, 6) is 0.448. The molecule has 4 nitrogen and oxygen atoms in total. The van der Waals surface area contributed by atoms with Crippen molar-refractivity contribution in [3.05, 3.63) is 29.8 Å². The average Bonchev–Trinajstić information content (AvgIpc) is 2.67. The normalized spacial score (nSPS) is 30.0. The van der Waals surface area contributed by atoms with Crippen molar-refractivity contribution in [2.75, 3.05) is 6.61 Å². The van der Waals surface area contributed by atoms with Crippen LogP contribution in [0, 0.1) is 5.92 Å². The summed E-state index contributed by atoms with van der Waals surface area (Å²) in [5.41, 5.74) is 0.586. The first-order valence-electron chi connectivity index (χ1n) is 7.52. The number of fused-ring (bicyclic) bond motifs is 2. The number of sulfone groups is 1. The number of benzene rings is 1. The van der Waals surface area contributed by atoms with Crippen molar-refractivity contribution in [3.63, 3.8) is 0 Å². The van der Waals surface area contributed by atoms with Gasteiger partial charge in [0.05, 0.1) is 22.7 Å². The van der Waals surface area contributed by atoms with Gasteiger partial charge in [0.2, 0.25) is 0 Å². The summed E-state index contributed by atoms with van der Waals surface area (Å²) < 4.78 is 29.7. The van der Waals surface area contributed by atoms with E-state index in [9.17, 15) is 13.2 Å². The van der Waals surface area contributed by atoms with E-state index < -0.39 is 9.84 Å². The van der Waals surface area contributed by atoms with Gasteiger partial charge in [-0.15, -0.1) is 0 Å². The van der Waals surface area contributed by atoms with Gasteiger partial charge in [0.1, 0.15) is 5.75 Å². The molecule has 2 aliphatic rings. The molecule has 1 aromatic carbocycles. The SMILES string of the molecule is CCOc1ccccc1C(=O)C1CC2CCC(C1)S2(=O)=O. The number of hydrogen-bond donors (Lipinski definition) is 0. The van der Waals surface area contributed by atoms with E-state index in [1.54, 1.807) is 12.1 Å². The minimum Gasteiger partial charge on any atom is -0.493 e. The Balaban J connectivity index is 1.85. The molecular weight excluding hydrogens is 288 g/mol. The standard InChI is InChI=1S/C16H20O4S/c1-2-20-15-6-4-3-5-14(15)16(17)11-9-12-7-8-13(10-11)21(12,18)19/h3-6,11-13H,2,7-10H2,1H3. The lowest BCUT2D eigenvalue weighted by Gasteiger charge is -2.27. The molecule has 114 valence electrons. The molecule has 21 heavy (non-hydrogen) atoms. The maximum absolute atomic E-state index is 12.8. The van der Waals surface area contributed by atoms with Crippen LogP contribution in [0.3, 0.4) is 0 Å². The molecule has 0 spiro atoms. The fraction of sp³-hybridized carbons (Fsp3) is 0.562. The molecule has 2 aliphatic heterocycles. The van der Waals surface area contributed by atoms with Crippen LogP contribution in [-0.2, 0) is 9.84 Å². The largest absolute Gasteiger partial charge is 0.493 e. The zero-order valence-electron chi connectivity index (χ0n) is 12.1. The molecule has 2 atom stereocenters. The number of para-hydroxylation sites is 1. The maximum atomic E-state index is 12.8. The molecule has 5 heteroatoms. The number of hydrogen-bond acceptors (Lipinski definition) is 4. The first-order chi connectivity index (χ1) is 10.0. The van der Waals surface area contributed by atoms with Crippen LogP contribution in [0.25, 0.3) is 0 Å². The highest BCUT2D eigenvalue weighted by Crippen LogP contribution is 2.42. The lowest BCUT2D eigenvalue weighted by molar-refractivity contribution is 0.0901. The molecule has 0 N–H and O–H groups in total. The van der Waals surface area contributed by atoms with Crippen LogP contribution in [0.1, 0.15) is 43.0 Å². The van der Waals surface area contributed by atoms with Crippen LogP contribution in [0.4, 0.5) is 0 Å². The van der Waals surface area contributed by atoms with Crippen LogP contribution >= 0.6 is 0 Å². The molecule has 2 saturated heterocycles. The van der Waals surface area contributed by atoms with E-state index in [-0.39, 0.29) is 22.2 Å². The second-order valence-electron chi connectivity index (χ2n) is 5.87. The number of ether oxygens (including phenoxy) is 1. The third kappa shape index (κ3) is 2.48. The first kappa shape index (κ1) is 14.6. The van der Waals surface area contributed by atoms with E-state index in [2.05, 4.69) is 0 Å². The Hall–Kier alpha value is -1.36. The van der Waals surface area contributed by atoms with Gasteiger partial charge in [0.25, 0.3) is 0 Å². The van der Waals surface area contributed by atoms with Crippen molar-refractivity contribution >= 4 is 15.6 Å². The van der Waals surface area contributed by atoms with Crippen LogP contribution < -0.4 is 4.74 Å². The molecule has 0 amide bonds. The molecular formula is C16H20O4S. The number of rotatable bonds is 4. The van der Waals surface area contributed by atoms with Crippen molar-refractivity contribution in [3.8, 4) is 5.75 Å². The summed E-state index contributed by atoms with van der Waals surface area (Å²) in [6.45, 7) is 2.39. The maximum Gasteiger partial charge on any atom is 0.169 e. The summed E-state index contributed by atoms with van der Waals surface area (Å²) in [5, 5.41) is -0.631. The second kappa shape index (κ2) is 5.44. The third-order valence-electron chi connectivity index (χ3n) is 4.66. The molecule has 0 radical (unpaired) electrons. The van der Waals surface area contributed by atoms with Crippen molar-refractivity contribution in [1.29, 1.82) is 0 Å². The van der Waals surface area contributed by atoms with Gasteiger partial charge < -0.3 is 4.74 Å². The minimum absolute atomic E-state index is 0.0332. The van der Waals surface area contributed by atoms with E-state index in [4.69, 9.17) is 4.74 Å². The van der Waals surface area contributed by atoms with Crippen molar-refractivity contribution in [2.45, 2.75) is 43.1 Å². The van der Waals surface area contributed by atoms with E-state index in [1.807, 2.05) is 19.1 Å². The molecule has 2 bridgehead atoms. The summed E-state index contributed by atoms with van der Waals surface area (Å²) in [6, 6.07) is 7.24. The zero-order valence-corrected chi connectivity index (χ0v) is 12.9. The predicted octanol–water partition coefficient (Wildman–Crippen LogP) is 2.62. The summed E-state index contributed by atoms with van der Waals surface area (Å²) in [6.07, 6.45) is 2.37. The van der Waals surface area contributed by atoms with Gasteiger partial charge in [-0.05, 0) is 44.7 Å². The molecule has 2 heterocycles. The summed E-state index contributed by atoms with van der Waals surface area (Å²) in [4.78, 5) is 12.8. The topological polar surface area (TPSA) is 60.4 Å². The highest BCUT2D eigenvalue weighted by molar-refractivity contribution is 7.93. The number of carbonyl (C=O) groups is 1. The van der Waals surface area contributed by atoms with Gasteiger partial charge >= 0.3 is 0 Å². The fourth-order valence-electron chi connectivity index (χ4n) is 3.59. The highest BCUT2D eigenvalue weighted by Gasteiger charge is 2.48. The van der Waals surface area contributed by atoms with Crippen LogP contribution in [0.15, 0.2) is 24.3 Å². The van der Waals surface area contributed by atoms with Crippen molar-refractivity contribution < 1.29 is 17.9 Å². The number of Topliss-reactive ketones (excluding diaryl/α,β-unsaturated/α-hetero) is 1. The second-order valence-corrected chi connectivity index (χ2v) is 8.38. The van der Waals surface area contributed by atoms with Crippen molar-refractivity contribution in [1.82, 2.24) is 0 Å². The van der Waals surface area contributed by atoms with Crippen molar-refractivity contribution in [2.24, 2.45) is 5.92 Å².